The lowest BCUT2D eigenvalue weighted by Crippen LogP contribution is -2.01. The fourth-order valence-corrected chi connectivity index (χ4v) is 1.36. The van der Waals surface area contributed by atoms with Gasteiger partial charge in [-0.25, -0.2) is 4.98 Å². The maximum absolute atomic E-state index is 5.50. The number of rotatable bonds is 4. The van der Waals surface area contributed by atoms with Crippen LogP contribution in [0.5, 0.6) is 0 Å². The van der Waals surface area contributed by atoms with Gasteiger partial charge in [-0.1, -0.05) is 0 Å². The van der Waals surface area contributed by atoms with Crippen molar-refractivity contribution in [2.45, 2.75) is 13.3 Å². The van der Waals surface area contributed by atoms with Gasteiger partial charge in [0, 0.05) is 24.0 Å². The Morgan fingerprint density at radius 1 is 1.64 bits per heavy atom. The first-order chi connectivity index (χ1) is 5.33. The van der Waals surface area contributed by atoms with Crippen LogP contribution < -0.4 is 5.32 Å². The predicted molar refractivity (Wildman–Crippen MR) is 48.5 cm³/mol. The summed E-state index contributed by atoms with van der Waals surface area (Å²) in [6.45, 7) is 2.75. The molecule has 0 atom stereocenters. The van der Waals surface area contributed by atoms with Crippen molar-refractivity contribution in [1.82, 2.24) is 9.36 Å². The summed E-state index contributed by atoms with van der Waals surface area (Å²) < 4.78 is 4.03. The molecule has 0 fully saturated rings. The molecule has 0 amide bonds. The molecule has 1 aromatic rings. The fourth-order valence-electron chi connectivity index (χ4n) is 0.631. The molecule has 0 saturated heterocycles. The number of hydrogen-bond donors (Lipinski definition) is 1. The number of nitrogens with zero attached hydrogens (tertiary/aromatic N) is 2. The summed E-state index contributed by atoms with van der Waals surface area (Å²) in [5, 5.41) is 4.01. The molecule has 0 unspecified atom stereocenters. The molecule has 0 saturated carbocycles. The molecule has 0 aliphatic carbocycles. The van der Waals surface area contributed by atoms with Crippen LogP contribution in [0.15, 0.2) is 0 Å². The third kappa shape index (κ3) is 3.03. The van der Waals surface area contributed by atoms with E-state index in [1.54, 1.807) is 0 Å². The lowest BCUT2D eigenvalue weighted by atomic mass is 10.5. The molecule has 1 N–H and O–H groups in total. The first-order valence-corrected chi connectivity index (χ1v) is 4.74. The van der Waals surface area contributed by atoms with E-state index in [1.807, 2.05) is 6.92 Å². The van der Waals surface area contributed by atoms with Gasteiger partial charge in [0.05, 0.1) is 0 Å². The smallest absolute Gasteiger partial charge is 0.202 e. The van der Waals surface area contributed by atoms with E-state index in [-0.39, 0.29) is 0 Å². The molecule has 0 aliphatic heterocycles. The van der Waals surface area contributed by atoms with Gasteiger partial charge in [-0.2, -0.15) is 4.37 Å². The molecule has 0 aliphatic rings. The van der Waals surface area contributed by atoms with Gasteiger partial charge >= 0.3 is 0 Å². The van der Waals surface area contributed by atoms with Gasteiger partial charge in [0.15, 0.2) is 0 Å². The van der Waals surface area contributed by atoms with E-state index in [4.69, 9.17) is 11.6 Å². The number of alkyl halides is 1. The highest BCUT2D eigenvalue weighted by molar-refractivity contribution is 7.09. The van der Waals surface area contributed by atoms with E-state index in [1.165, 1.54) is 11.5 Å². The van der Waals surface area contributed by atoms with Crippen LogP contribution in [0.2, 0.25) is 0 Å². The Morgan fingerprint density at radius 2 is 2.45 bits per heavy atom. The second kappa shape index (κ2) is 4.51. The van der Waals surface area contributed by atoms with Crippen LogP contribution in [0.1, 0.15) is 12.2 Å². The van der Waals surface area contributed by atoms with Crippen molar-refractivity contribution in [2.24, 2.45) is 0 Å². The first-order valence-electron chi connectivity index (χ1n) is 3.43. The van der Waals surface area contributed by atoms with Crippen molar-refractivity contribution in [1.29, 1.82) is 0 Å². The molecule has 1 rings (SSSR count). The summed E-state index contributed by atoms with van der Waals surface area (Å²) >= 11 is 6.89. The van der Waals surface area contributed by atoms with Crippen LogP contribution in [0.25, 0.3) is 0 Å². The molecule has 11 heavy (non-hydrogen) atoms. The summed E-state index contributed by atoms with van der Waals surface area (Å²) in [5.74, 6) is 1.51. The predicted octanol–water partition coefficient (Wildman–Crippen LogP) is 1.89. The maximum atomic E-state index is 5.50. The quantitative estimate of drug-likeness (QED) is 0.584. The third-order valence-corrected chi connectivity index (χ3v) is 2.15. The molecular formula is C6H10ClN3S. The Balaban J connectivity index is 2.27. The molecule has 0 bridgehead atoms. The number of halogens is 1. The Bertz CT molecular complexity index is 213. The molecule has 62 valence electrons. The molecule has 5 heteroatoms. The van der Waals surface area contributed by atoms with Gasteiger partial charge in [-0.3, -0.25) is 0 Å². The van der Waals surface area contributed by atoms with Crippen molar-refractivity contribution in [3.8, 4) is 0 Å². The van der Waals surface area contributed by atoms with Gasteiger partial charge in [0.1, 0.15) is 5.82 Å². The van der Waals surface area contributed by atoms with E-state index >= 15 is 0 Å². The Kier molecular flexibility index (Phi) is 3.59. The number of hydrogen-bond acceptors (Lipinski definition) is 4. The summed E-state index contributed by atoms with van der Waals surface area (Å²) in [5.41, 5.74) is 0. The highest BCUT2D eigenvalue weighted by Crippen LogP contribution is 2.09. The van der Waals surface area contributed by atoms with E-state index in [0.29, 0.717) is 5.88 Å². The topological polar surface area (TPSA) is 37.8 Å². The minimum Gasteiger partial charge on any atom is -0.360 e. The van der Waals surface area contributed by atoms with Crippen LogP contribution in [-0.2, 0) is 0 Å². The number of anilines is 1. The van der Waals surface area contributed by atoms with Gasteiger partial charge in [-0.15, -0.1) is 11.6 Å². The van der Waals surface area contributed by atoms with Crippen molar-refractivity contribution in [3.63, 3.8) is 0 Å². The average molecular weight is 192 g/mol. The van der Waals surface area contributed by atoms with Crippen LogP contribution in [0.3, 0.4) is 0 Å². The lowest BCUT2D eigenvalue weighted by Gasteiger charge is -1.96. The van der Waals surface area contributed by atoms with Crippen molar-refractivity contribution >= 4 is 28.3 Å². The first kappa shape index (κ1) is 8.74. The van der Waals surface area contributed by atoms with Crippen LogP contribution in [0.4, 0.5) is 5.13 Å². The van der Waals surface area contributed by atoms with E-state index < -0.39 is 0 Å². The summed E-state index contributed by atoms with van der Waals surface area (Å²) in [7, 11) is 0. The van der Waals surface area contributed by atoms with Gasteiger partial charge < -0.3 is 5.32 Å². The average Bonchev–Trinajstić information content (AvgIpc) is 2.37. The molecule has 0 spiro atoms. The highest BCUT2D eigenvalue weighted by Gasteiger charge is 1.96. The highest BCUT2D eigenvalue weighted by atomic mass is 35.5. The van der Waals surface area contributed by atoms with Crippen molar-refractivity contribution < 1.29 is 0 Å². The van der Waals surface area contributed by atoms with Crippen LogP contribution >= 0.6 is 23.1 Å². The lowest BCUT2D eigenvalue weighted by molar-refractivity contribution is 0.980. The number of aryl methyl sites for hydroxylation is 1. The largest absolute Gasteiger partial charge is 0.360 e. The van der Waals surface area contributed by atoms with Crippen LogP contribution in [0, 0.1) is 6.92 Å². The number of aromatic nitrogens is 2. The molecule has 0 aromatic carbocycles. The normalized spacial score (nSPS) is 10.0. The fraction of sp³-hybridized carbons (Fsp3) is 0.667. The zero-order valence-electron chi connectivity index (χ0n) is 6.30. The second-order valence-electron chi connectivity index (χ2n) is 2.12. The van der Waals surface area contributed by atoms with Gasteiger partial charge in [0.2, 0.25) is 5.13 Å². The Hall–Kier alpha value is -0.350. The minimum atomic E-state index is 0.685. The van der Waals surface area contributed by atoms with Crippen LogP contribution in [-0.4, -0.2) is 21.8 Å². The molecule has 3 nitrogen and oxygen atoms in total. The number of nitrogens with one attached hydrogen (secondary N) is 1. The third-order valence-electron chi connectivity index (χ3n) is 1.11. The molecule has 0 radical (unpaired) electrons. The van der Waals surface area contributed by atoms with E-state index in [9.17, 15) is 0 Å². The SMILES string of the molecule is Cc1nsc(NCCCCl)n1. The van der Waals surface area contributed by atoms with Crippen molar-refractivity contribution in [3.05, 3.63) is 5.82 Å². The molecule has 1 heterocycles. The van der Waals surface area contributed by atoms with E-state index in [0.717, 1.165) is 23.9 Å². The maximum Gasteiger partial charge on any atom is 0.202 e. The molecule has 1 aromatic heterocycles. The summed E-state index contributed by atoms with van der Waals surface area (Å²) in [6, 6.07) is 0. The Labute approximate surface area is 75.0 Å². The summed E-state index contributed by atoms with van der Waals surface area (Å²) in [4.78, 5) is 4.14. The second-order valence-corrected chi connectivity index (χ2v) is 3.25. The van der Waals surface area contributed by atoms with Crippen molar-refractivity contribution in [2.75, 3.05) is 17.7 Å². The monoisotopic (exact) mass is 191 g/mol. The minimum absolute atomic E-state index is 0.685. The zero-order chi connectivity index (χ0) is 8.10. The zero-order valence-corrected chi connectivity index (χ0v) is 7.87. The van der Waals surface area contributed by atoms with E-state index in [2.05, 4.69) is 14.7 Å². The van der Waals surface area contributed by atoms with Gasteiger partial charge in [0.25, 0.3) is 0 Å². The molecular weight excluding hydrogens is 182 g/mol. The summed E-state index contributed by atoms with van der Waals surface area (Å²) in [6.07, 6.45) is 0.959. The van der Waals surface area contributed by atoms with Gasteiger partial charge in [-0.05, 0) is 13.3 Å². The Morgan fingerprint density at radius 3 is 3.00 bits per heavy atom. The standard InChI is InChI=1S/C6H10ClN3S/c1-5-9-6(11-10-5)8-4-2-3-7/h2-4H2,1H3,(H,8,9,10).